The summed E-state index contributed by atoms with van der Waals surface area (Å²) in [7, 11) is 0. The summed E-state index contributed by atoms with van der Waals surface area (Å²) in [6.07, 6.45) is 1.25. The molecule has 1 fully saturated rings. The fourth-order valence-corrected chi connectivity index (χ4v) is 3.28. The van der Waals surface area contributed by atoms with Crippen LogP contribution < -0.4 is 5.32 Å². The zero-order chi connectivity index (χ0) is 15.4. The third-order valence-corrected chi connectivity index (χ3v) is 5.38. The molecule has 0 amide bonds. The van der Waals surface area contributed by atoms with Gasteiger partial charge in [-0.15, -0.1) is 0 Å². The summed E-state index contributed by atoms with van der Waals surface area (Å²) in [6, 6.07) is 12.7. The van der Waals surface area contributed by atoms with Gasteiger partial charge in [-0.3, -0.25) is 4.90 Å². The minimum Gasteiger partial charge on any atom is -0.311 e. The van der Waals surface area contributed by atoms with Gasteiger partial charge in [-0.25, -0.2) is 0 Å². The van der Waals surface area contributed by atoms with Crippen LogP contribution in [0.2, 0.25) is 0 Å². The van der Waals surface area contributed by atoms with Crippen LogP contribution in [0, 0.1) is 11.8 Å². The second-order valence-corrected chi connectivity index (χ2v) is 7.01. The highest BCUT2D eigenvalue weighted by Crippen LogP contribution is 2.30. The Balaban J connectivity index is 2.20. The average Bonchev–Trinajstić information content (AvgIpc) is 2.53. The van der Waals surface area contributed by atoms with Crippen molar-refractivity contribution in [3.63, 3.8) is 0 Å². The lowest BCUT2D eigenvalue weighted by Crippen LogP contribution is -2.57. The zero-order valence-corrected chi connectivity index (χ0v) is 14.3. The van der Waals surface area contributed by atoms with E-state index in [1.807, 2.05) is 0 Å². The fraction of sp³-hybridized carbons (Fsp3) is 0.684. The van der Waals surface area contributed by atoms with Crippen LogP contribution in [0.4, 0.5) is 0 Å². The SMILES string of the molecule is CCC(C)C1CN(C(C)C(C)C)C(c2ccccc2)CN1. The summed E-state index contributed by atoms with van der Waals surface area (Å²) < 4.78 is 0. The number of piperazine rings is 1. The maximum absolute atomic E-state index is 3.80. The Morgan fingerprint density at radius 1 is 1.14 bits per heavy atom. The smallest absolute Gasteiger partial charge is 0.0476 e. The quantitative estimate of drug-likeness (QED) is 0.878. The molecule has 118 valence electrons. The molecule has 0 spiro atoms. The molecule has 4 unspecified atom stereocenters. The minimum absolute atomic E-state index is 0.504. The van der Waals surface area contributed by atoms with Crippen molar-refractivity contribution in [2.75, 3.05) is 13.1 Å². The van der Waals surface area contributed by atoms with E-state index in [1.165, 1.54) is 12.0 Å². The topological polar surface area (TPSA) is 15.3 Å². The first-order chi connectivity index (χ1) is 10.0. The lowest BCUT2D eigenvalue weighted by Gasteiger charge is -2.46. The molecule has 0 radical (unpaired) electrons. The minimum atomic E-state index is 0.504. The van der Waals surface area contributed by atoms with Gasteiger partial charge in [0.2, 0.25) is 0 Å². The average molecular weight is 288 g/mol. The molecule has 1 aliphatic rings. The second kappa shape index (κ2) is 7.42. The molecular weight excluding hydrogens is 256 g/mol. The predicted octanol–water partition coefficient (Wildman–Crippen LogP) is 4.09. The summed E-state index contributed by atoms with van der Waals surface area (Å²) in [5.41, 5.74) is 1.44. The van der Waals surface area contributed by atoms with Gasteiger partial charge in [0.25, 0.3) is 0 Å². The summed E-state index contributed by atoms with van der Waals surface area (Å²) >= 11 is 0. The first-order valence-electron chi connectivity index (χ1n) is 8.58. The number of hydrogen-bond acceptors (Lipinski definition) is 2. The van der Waals surface area contributed by atoms with E-state index in [1.54, 1.807) is 0 Å². The van der Waals surface area contributed by atoms with Gasteiger partial charge in [-0.05, 0) is 24.3 Å². The second-order valence-electron chi connectivity index (χ2n) is 7.01. The molecule has 2 rings (SSSR count). The van der Waals surface area contributed by atoms with Gasteiger partial charge >= 0.3 is 0 Å². The van der Waals surface area contributed by atoms with E-state index in [4.69, 9.17) is 0 Å². The highest BCUT2D eigenvalue weighted by molar-refractivity contribution is 5.20. The molecule has 0 saturated carbocycles. The van der Waals surface area contributed by atoms with Crippen molar-refractivity contribution < 1.29 is 0 Å². The van der Waals surface area contributed by atoms with E-state index in [2.05, 4.69) is 75.2 Å². The molecule has 1 heterocycles. The van der Waals surface area contributed by atoms with E-state index in [9.17, 15) is 0 Å². The summed E-state index contributed by atoms with van der Waals surface area (Å²) in [5, 5.41) is 3.80. The van der Waals surface area contributed by atoms with Gasteiger partial charge in [0, 0.05) is 31.2 Å². The van der Waals surface area contributed by atoms with Crippen molar-refractivity contribution in [2.45, 2.75) is 59.2 Å². The first kappa shape index (κ1) is 16.5. The van der Waals surface area contributed by atoms with E-state index in [0.29, 0.717) is 24.0 Å². The number of nitrogens with one attached hydrogen (secondary N) is 1. The molecule has 1 aromatic carbocycles. The van der Waals surface area contributed by atoms with Crippen molar-refractivity contribution in [1.29, 1.82) is 0 Å². The molecule has 0 aliphatic carbocycles. The van der Waals surface area contributed by atoms with Gasteiger partial charge < -0.3 is 5.32 Å². The van der Waals surface area contributed by atoms with E-state index in [0.717, 1.165) is 19.0 Å². The third kappa shape index (κ3) is 3.87. The van der Waals surface area contributed by atoms with Crippen molar-refractivity contribution in [2.24, 2.45) is 11.8 Å². The number of nitrogens with zero attached hydrogens (tertiary/aromatic N) is 1. The Morgan fingerprint density at radius 2 is 1.81 bits per heavy atom. The van der Waals surface area contributed by atoms with Gasteiger partial charge in [0.05, 0.1) is 0 Å². The Hall–Kier alpha value is -0.860. The molecule has 0 aromatic heterocycles. The highest BCUT2D eigenvalue weighted by atomic mass is 15.3. The predicted molar refractivity (Wildman–Crippen MR) is 91.4 cm³/mol. The molecule has 1 aliphatic heterocycles. The van der Waals surface area contributed by atoms with Crippen LogP contribution in [0.3, 0.4) is 0 Å². The lowest BCUT2D eigenvalue weighted by molar-refractivity contribution is 0.0535. The summed E-state index contributed by atoms with van der Waals surface area (Å²) in [5.74, 6) is 1.43. The normalized spacial score (nSPS) is 26.8. The third-order valence-electron chi connectivity index (χ3n) is 5.38. The number of hydrogen-bond donors (Lipinski definition) is 1. The van der Waals surface area contributed by atoms with Gasteiger partial charge in [-0.1, -0.05) is 64.4 Å². The molecule has 0 bridgehead atoms. The first-order valence-corrected chi connectivity index (χ1v) is 8.58. The molecule has 1 aromatic rings. The van der Waals surface area contributed by atoms with Crippen LogP contribution in [0.25, 0.3) is 0 Å². The van der Waals surface area contributed by atoms with Crippen LogP contribution >= 0.6 is 0 Å². The van der Waals surface area contributed by atoms with Gasteiger partial charge in [0.15, 0.2) is 0 Å². The van der Waals surface area contributed by atoms with Gasteiger partial charge in [-0.2, -0.15) is 0 Å². The Labute approximate surface area is 130 Å². The molecule has 21 heavy (non-hydrogen) atoms. The molecule has 2 heteroatoms. The van der Waals surface area contributed by atoms with Crippen LogP contribution in [0.15, 0.2) is 30.3 Å². The molecule has 1 saturated heterocycles. The monoisotopic (exact) mass is 288 g/mol. The lowest BCUT2D eigenvalue weighted by atomic mass is 9.90. The maximum atomic E-state index is 3.80. The van der Waals surface area contributed by atoms with E-state index < -0.39 is 0 Å². The van der Waals surface area contributed by atoms with Crippen molar-refractivity contribution in [3.8, 4) is 0 Å². The van der Waals surface area contributed by atoms with Crippen LogP contribution in [0.5, 0.6) is 0 Å². The van der Waals surface area contributed by atoms with Gasteiger partial charge in [0.1, 0.15) is 0 Å². The van der Waals surface area contributed by atoms with Crippen molar-refractivity contribution in [1.82, 2.24) is 10.2 Å². The molecule has 1 N–H and O–H groups in total. The standard InChI is InChI=1S/C19H32N2/c1-6-15(4)18-13-21(16(5)14(2)3)19(12-20-18)17-10-8-7-9-11-17/h7-11,14-16,18-20H,6,12-13H2,1-5H3. The Morgan fingerprint density at radius 3 is 2.38 bits per heavy atom. The Kier molecular flexibility index (Phi) is 5.83. The highest BCUT2D eigenvalue weighted by Gasteiger charge is 2.34. The van der Waals surface area contributed by atoms with E-state index >= 15 is 0 Å². The fourth-order valence-electron chi connectivity index (χ4n) is 3.28. The van der Waals surface area contributed by atoms with Crippen LogP contribution in [0.1, 0.15) is 52.6 Å². The van der Waals surface area contributed by atoms with Crippen LogP contribution in [-0.2, 0) is 0 Å². The largest absolute Gasteiger partial charge is 0.311 e. The summed E-state index contributed by atoms with van der Waals surface area (Å²) in [4.78, 5) is 2.73. The van der Waals surface area contributed by atoms with Crippen molar-refractivity contribution >= 4 is 0 Å². The van der Waals surface area contributed by atoms with Crippen LogP contribution in [-0.4, -0.2) is 30.1 Å². The molecular formula is C19H32N2. The number of rotatable bonds is 5. The van der Waals surface area contributed by atoms with E-state index in [-0.39, 0.29) is 0 Å². The number of benzene rings is 1. The Bertz CT molecular complexity index is 415. The summed E-state index contributed by atoms with van der Waals surface area (Å²) in [6.45, 7) is 14.0. The molecule has 2 nitrogen and oxygen atoms in total. The maximum Gasteiger partial charge on any atom is 0.0476 e. The molecule has 4 atom stereocenters. The zero-order valence-electron chi connectivity index (χ0n) is 14.3. The van der Waals surface area contributed by atoms with Crippen molar-refractivity contribution in [3.05, 3.63) is 35.9 Å².